The monoisotopic (exact) mass is 397 g/mol. The standard InChI is InChI=1S/C17H15ClF3N5O/c1-10-7-15(24-26(10)9-11-3-5-12(18)6-4-11)22-16(27)13-8-14(17(19,20)21)23-25(13)2/h3-8H,9H2,1-2H3,(H,22,24,27). The van der Waals surface area contributed by atoms with Gasteiger partial charge >= 0.3 is 6.18 Å². The number of nitrogens with one attached hydrogen (secondary N) is 1. The van der Waals surface area contributed by atoms with Crippen LogP contribution in [-0.2, 0) is 19.8 Å². The maximum atomic E-state index is 12.7. The van der Waals surface area contributed by atoms with E-state index >= 15 is 0 Å². The highest BCUT2D eigenvalue weighted by Crippen LogP contribution is 2.28. The van der Waals surface area contributed by atoms with Crippen molar-refractivity contribution in [3.8, 4) is 0 Å². The molecule has 6 nitrogen and oxygen atoms in total. The van der Waals surface area contributed by atoms with Gasteiger partial charge in [0.15, 0.2) is 11.5 Å². The normalized spacial score (nSPS) is 11.6. The van der Waals surface area contributed by atoms with E-state index < -0.39 is 17.8 Å². The van der Waals surface area contributed by atoms with Gasteiger partial charge in [-0.3, -0.25) is 14.2 Å². The van der Waals surface area contributed by atoms with Crippen molar-refractivity contribution < 1.29 is 18.0 Å². The largest absolute Gasteiger partial charge is 0.435 e. The third-order valence-corrected chi connectivity index (χ3v) is 4.12. The van der Waals surface area contributed by atoms with Crippen LogP contribution >= 0.6 is 11.6 Å². The lowest BCUT2D eigenvalue weighted by Crippen LogP contribution is -2.16. The molecule has 0 aliphatic carbocycles. The molecule has 1 amide bonds. The van der Waals surface area contributed by atoms with Gasteiger partial charge in [-0.1, -0.05) is 23.7 Å². The molecule has 142 valence electrons. The SMILES string of the molecule is Cc1cc(NC(=O)c2cc(C(F)(F)F)nn2C)nn1Cc1ccc(Cl)cc1. The summed E-state index contributed by atoms with van der Waals surface area (Å²) in [6, 6.07) is 9.58. The molecule has 2 heterocycles. The molecule has 0 aliphatic rings. The summed E-state index contributed by atoms with van der Waals surface area (Å²) in [5.74, 6) is -0.488. The molecule has 1 N–H and O–H groups in total. The summed E-state index contributed by atoms with van der Waals surface area (Å²) in [6.45, 7) is 2.27. The van der Waals surface area contributed by atoms with Crippen LogP contribution in [0.5, 0.6) is 0 Å². The number of anilines is 1. The maximum Gasteiger partial charge on any atom is 0.435 e. The predicted molar refractivity (Wildman–Crippen MR) is 93.7 cm³/mol. The number of rotatable bonds is 4. The second-order valence-corrected chi connectivity index (χ2v) is 6.38. The number of amides is 1. The van der Waals surface area contributed by atoms with E-state index in [4.69, 9.17) is 11.6 Å². The Balaban J connectivity index is 1.76. The Morgan fingerprint density at radius 3 is 2.44 bits per heavy atom. The number of hydrogen-bond donors (Lipinski definition) is 1. The molecule has 0 bridgehead atoms. The first-order chi connectivity index (χ1) is 12.6. The summed E-state index contributed by atoms with van der Waals surface area (Å²) in [6.07, 6.45) is -4.62. The van der Waals surface area contributed by atoms with Crippen LogP contribution < -0.4 is 5.32 Å². The molecule has 0 spiro atoms. The molecule has 0 radical (unpaired) electrons. The quantitative estimate of drug-likeness (QED) is 0.726. The van der Waals surface area contributed by atoms with E-state index in [9.17, 15) is 18.0 Å². The average molecular weight is 398 g/mol. The van der Waals surface area contributed by atoms with Crippen LogP contribution in [0.2, 0.25) is 5.02 Å². The average Bonchev–Trinajstić information content (AvgIpc) is 3.12. The van der Waals surface area contributed by atoms with Crippen molar-refractivity contribution in [1.82, 2.24) is 19.6 Å². The molecule has 3 aromatic rings. The summed E-state index contributed by atoms with van der Waals surface area (Å²) in [7, 11) is 1.27. The predicted octanol–water partition coefficient (Wildman–Crippen LogP) is 3.90. The van der Waals surface area contributed by atoms with Crippen LogP contribution in [0, 0.1) is 6.92 Å². The van der Waals surface area contributed by atoms with Crippen molar-refractivity contribution in [3.63, 3.8) is 0 Å². The summed E-state index contributed by atoms with van der Waals surface area (Å²) in [5.41, 5.74) is 0.401. The molecule has 27 heavy (non-hydrogen) atoms. The minimum Gasteiger partial charge on any atom is -0.304 e. The van der Waals surface area contributed by atoms with Gasteiger partial charge in [0, 0.05) is 29.9 Å². The Bertz CT molecular complexity index is 976. The number of halogens is 4. The molecule has 0 atom stereocenters. The van der Waals surface area contributed by atoms with Gasteiger partial charge in [0.05, 0.1) is 6.54 Å². The minimum absolute atomic E-state index is 0.216. The van der Waals surface area contributed by atoms with Crippen LogP contribution in [-0.4, -0.2) is 25.5 Å². The van der Waals surface area contributed by atoms with Crippen LogP contribution in [0.4, 0.5) is 19.0 Å². The van der Waals surface area contributed by atoms with E-state index in [1.165, 1.54) is 7.05 Å². The Hall–Kier alpha value is -2.81. The minimum atomic E-state index is -4.62. The first-order valence-corrected chi connectivity index (χ1v) is 8.23. The van der Waals surface area contributed by atoms with Gasteiger partial charge in [-0.05, 0) is 24.6 Å². The van der Waals surface area contributed by atoms with Crippen molar-refractivity contribution in [2.24, 2.45) is 7.05 Å². The van der Waals surface area contributed by atoms with Gasteiger partial charge < -0.3 is 5.32 Å². The van der Waals surface area contributed by atoms with E-state index in [0.29, 0.717) is 17.6 Å². The smallest absolute Gasteiger partial charge is 0.304 e. The highest BCUT2D eigenvalue weighted by molar-refractivity contribution is 6.30. The van der Waals surface area contributed by atoms with Crippen molar-refractivity contribution in [3.05, 3.63) is 64.1 Å². The van der Waals surface area contributed by atoms with E-state index in [2.05, 4.69) is 15.5 Å². The van der Waals surface area contributed by atoms with Crippen molar-refractivity contribution in [1.29, 1.82) is 0 Å². The number of hydrogen-bond acceptors (Lipinski definition) is 3. The molecule has 10 heteroatoms. The van der Waals surface area contributed by atoms with E-state index in [-0.39, 0.29) is 11.5 Å². The maximum absolute atomic E-state index is 12.7. The number of carbonyl (C=O) groups excluding carboxylic acids is 1. The lowest BCUT2D eigenvalue weighted by Gasteiger charge is -2.05. The zero-order valence-corrected chi connectivity index (χ0v) is 15.1. The van der Waals surface area contributed by atoms with Gasteiger partial charge in [0.2, 0.25) is 0 Å². The van der Waals surface area contributed by atoms with Gasteiger partial charge in [-0.25, -0.2) is 0 Å². The Kier molecular flexibility index (Phi) is 4.97. The lowest BCUT2D eigenvalue weighted by molar-refractivity contribution is -0.141. The molecule has 0 saturated heterocycles. The number of nitrogens with zero attached hydrogens (tertiary/aromatic N) is 4. The molecule has 2 aromatic heterocycles. The molecular weight excluding hydrogens is 383 g/mol. The number of benzene rings is 1. The van der Waals surface area contributed by atoms with Crippen molar-refractivity contribution in [2.45, 2.75) is 19.6 Å². The highest BCUT2D eigenvalue weighted by Gasteiger charge is 2.35. The fraction of sp³-hybridized carbons (Fsp3) is 0.235. The fourth-order valence-electron chi connectivity index (χ4n) is 2.49. The fourth-order valence-corrected chi connectivity index (χ4v) is 2.62. The van der Waals surface area contributed by atoms with Gasteiger partial charge in [-0.15, -0.1) is 0 Å². The highest BCUT2D eigenvalue weighted by atomic mass is 35.5. The van der Waals surface area contributed by atoms with E-state index in [0.717, 1.165) is 15.9 Å². The Morgan fingerprint density at radius 2 is 1.85 bits per heavy atom. The third kappa shape index (κ3) is 4.30. The molecule has 0 aliphatic heterocycles. The summed E-state index contributed by atoms with van der Waals surface area (Å²) >= 11 is 5.86. The number of alkyl halides is 3. The van der Waals surface area contributed by atoms with Crippen LogP contribution in [0.1, 0.15) is 27.4 Å². The zero-order valence-electron chi connectivity index (χ0n) is 14.4. The van der Waals surface area contributed by atoms with Gasteiger partial charge in [0.25, 0.3) is 5.91 Å². The summed E-state index contributed by atoms with van der Waals surface area (Å²) < 4.78 is 40.7. The summed E-state index contributed by atoms with van der Waals surface area (Å²) in [4.78, 5) is 12.3. The third-order valence-electron chi connectivity index (χ3n) is 3.87. The number of aryl methyl sites for hydroxylation is 2. The second-order valence-electron chi connectivity index (χ2n) is 5.95. The van der Waals surface area contributed by atoms with Crippen LogP contribution in [0.3, 0.4) is 0 Å². The lowest BCUT2D eigenvalue weighted by atomic mass is 10.2. The number of carbonyl (C=O) groups is 1. The molecule has 0 saturated carbocycles. The molecule has 1 aromatic carbocycles. The summed E-state index contributed by atoms with van der Waals surface area (Å²) in [5, 5.41) is 10.7. The number of aromatic nitrogens is 4. The zero-order chi connectivity index (χ0) is 19.8. The Labute approximate surface area is 157 Å². The Morgan fingerprint density at radius 1 is 1.19 bits per heavy atom. The molecule has 3 rings (SSSR count). The molecule has 0 unspecified atom stereocenters. The first-order valence-electron chi connectivity index (χ1n) is 7.85. The topological polar surface area (TPSA) is 64.7 Å². The van der Waals surface area contributed by atoms with Crippen molar-refractivity contribution in [2.75, 3.05) is 5.32 Å². The first kappa shape index (κ1) is 19.0. The van der Waals surface area contributed by atoms with Gasteiger partial charge in [0.1, 0.15) is 5.69 Å². The van der Waals surface area contributed by atoms with Gasteiger partial charge in [-0.2, -0.15) is 23.4 Å². The van der Waals surface area contributed by atoms with Crippen LogP contribution in [0.15, 0.2) is 36.4 Å². The molecule has 0 fully saturated rings. The van der Waals surface area contributed by atoms with E-state index in [1.54, 1.807) is 22.9 Å². The van der Waals surface area contributed by atoms with Crippen LogP contribution in [0.25, 0.3) is 0 Å². The second kappa shape index (κ2) is 7.07. The molecular formula is C17H15ClF3N5O. The van der Waals surface area contributed by atoms with Crippen molar-refractivity contribution >= 4 is 23.3 Å². The van der Waals surface area contributed by atoms with E-state index in [1.807, 2.05) is 19.1 Å².